The van der Waals surface area contributed by atoms with Gasteiger partial charge >= 0.3 is 0 Å². The van der Waals surface area contributed by atoms with Crippen LogP contribution in [-0.2, 0) is 16.6 Å². The zero-order chi connectivity index (χ0) is 15.3. The van der Waals surface area contributed by atoms with E-state index in [1.54, 1.807) is 6.07 Å². The molecule has 0 fully saturated rings. The summed E-state index contributed by atoms with van der Waals surface area (Å²) in [5, 5.41) is 9.88. The number of aromatic nitrogens is 2. The van der Waals surface area contributed by atoms with Crippen LogP contribution in [0.25, 0.3) is 0 Å². The van der Waals surface area contributed by atoms with Gasteiger partial charge in [0.2, 0.25) is 0 Å². The number of anilines is 1. The number of aromatic amines is 1. The van der Waals surface area contributed by atoms with Crippen molar-refractivity contribution >= 4 is 27.3 Å². The van der Waals surface area contributed by atoms with Crippen molar-refractivity contribution in [2.24, 2.45) is 0 Å². The Morgan fingerprint density at radius 3 is 2.81 bits per heavy atom. The normalized spacial score (nSPS) is 11.5. The highest BCUT2D eigenvalue weighted by molar-refractivity contribution is 7.92. The fourth-order valence-corrected chi connectivity index (χ4v) is 3.13. The highest BCUT2D eigenvalue weighted by Gasteiger charge is 2.16. The van der Waals surface area contributed by atoms with Crippen LogP contribution in [0.3, 0.4) is 0 Å². The van der Waals surface area contributed by atoms with Gasteiger partial charge in [0.1, 0.15) is 0 Å². The molecule has 0 atom stereocenters. The zero-order valence-electron chi connectivity index (χ0n) is 11.6. The Hall–Kier alpha value is -1.57. The lowest BCUT2D eigenvalue weighted by atomic mass is 10.2. The van der Waals surface area contributed by atoms with Crippen molar-refractivity contribution in [3.8, 4) is 0 Å². The first-order chi connectivity index (χ1) is 10.0. The van der Waals surface area contributed by atoms with E-state index in [1.165, 1.54) is 24.5 Å². The van der Waals surface area contributed by atoms with Crippen LogP contribution >= 0.6 is 11.6 Å². The SMILES string of the molecule is CCCNCc1ccc(S(=O)(=O)Nc2cn[nH]c2)cc1Cl. The molecule has 6 nitrogen and oxygen atoms in total. The first kappa shape index (κ1) is 15.8. The average Bonchev–Trinajstić information content (AvgIpc) is 2.93. The van der Waals surface area contributed by atoms with E-state index >= 15 is 0 Å². The Morgan fingerprint density at radius 2 is 2.19 bits per heavy atom. The summed E-state index contributed by atoms with van der Waals surface area (Å²) in [4.78, 5) is 0.118. The molecule has 114 valence electrons. The summed E-state index contributed by atoms with van der Waals surface area (Å²) >= 11 is 6.15. The summed E-state index contributed by atoms with van der Waals surface area (Å²) < 4.78 is 26.8. The molecule has 0 spiro atoms. The molecule has 2 rings (SSSR count). The van der Waals surface area contributed by atoms with Gasteiger partial charge in [0.15, 0.2) is 0 Å². The Balaban J connectivity index is 2.15. The number of benzene rings is 1. The predicted molar refractivity (Wildman–Crippen MR) is 82.8 cm³/mol. The number of nitrogens with one attached hydrogen (secondary N) is 3. The van der Waals surface area contributed by atoms with Crippen LogP contribution in [0, 0.1) is 0 Å². The van der Waals surface area contributed by atoms with E-state index in [9.17, 15) is 8.42 Å². The monoisotopic (exact) mass is 328 g/mol. The number of rotatable bonds is 7. The number of sulfonamides is 1. The van der Waals surface area contributed by atoms with Gasteiger partial charge in [-0.1, -0.05) is 24.6 Å². The lowest BCUT2D eigenvalue weighted by molar-refractivity contribution is 0.601. The van der Waals surface area contributed by atoms with Gasteiger partial charge in [0.25, 0.3) is 10.0 Å². The number of H-pyrrole nitrogens is 1. The third-order valence-electron chi connectivity index (χ3n) is 2.83. The second-order valence-corrected chi connectivity index (χ2v) is 6.61. The molecule has 0 saturated carbocycles. The van der Waals surface area contributed by atoms with Gasteiger partial charge in [-0.05, 0) is 30.7 Å². The smallest absolute Gasteiger partial charge is 0.262 e. The van der Waals surface area contributed by atoms with Crippen LogP contribution in [0.5, 0.6) is 0 Å². The van der Waals surface area contributed by atoms with Crippen molar-refractivity contribution in [3.05, 3.63) is 41.2 Å². The molecule has 0 aliphatic rings. The summed E-state index contributed by atoms with van der Waals surface area (Å²) in [6.07, 6.45) is 3.88. The molecule has 3 N–H and O–H groups in total. The molecule has 0 amide bonds. The lowest BCUT2D eigenvalue weighted by Crippen LogP contribution is -2.15. The molecule has 0 radical (unpaired) electrons. The second kappa shape index (κ2) is 6.93. The Morgan fingerprint density at radius 1 is 1.38 bits per heavy atom. The van der Waals surface area contributed by atoms with E-state index in [-0.39, 0.29) is 4.90 Å². The highest BCUT2D eigenvalue weighted by Crippen LogP contribution is 2.22. The standard InChI is InChI=1S/C13H17ClN4O2S/c1-2-5-15-7-10-3-4-12(6-13(10)14)21(19,20)18-11-8-16-17-9-11/h3-4,6,8-9,15,18H,2,5,7H2,1H3,(H,16,17). The van der Waals surface area contributed by atoms with E-state index in [1.807, 2.05) is 0 Å². The fraction of sp³-hybridized carbons (Fsp3) is 0.308. The van der Waals surface area contributed by atoms with E-state index in [2.05, 4.69) is 27.2 Å². The molecule has 1 aromatic carbocycles. The van der Waals surface area contributed by atoms with Gasteiger partial charge < -0.3 is 5.32 Å². The second-order valence-electron chi connectivity index (χ2n) is 4.52. The molecule has 1 heterocycles. The van der Waals surface area contributed by atoms with E-state index in [0.29, 0.717) is 17.3 Å². The third-order valence-corrected chi connectivity index (χ3v) is 4.56. The molecular weight excluding hydrogens is 312 g/mol. The molecule has 2 aromatic rings. The molecule has 0 aliphatic heterocycles. The van der Waals surface area contributed by atoms with Crippen LogP contribution in [0.2, 0.25) is 5.02 Å². The van der Waals surface area contributed by atoms with Crippen molar-refractivity contribution < 1.29 is 8.42 Å². The van der Waals surface area contributed by atoms with Crippen molar-refractivity contribution in [1.82, 2.24) is 15.5 Å². The number of halogens is 1. The lowest BCUT2D eigenvalue weighted by Gasteiger charge is -2.09. The quantitative estimate of drug-likeness (QED) is 0.681. The molecular formula is C13H17ClN4O2S. The summed E-state index contributed by atoms with van der Waals surface area (Å²) in [6, 6.07) is 4.71. The molecule has 0 saturated heterocycles. The van der Waals surface area contributed by atoms with Crippen molar-refractivity contribution in [1.29, 1.82) is 0 Å². The zero-order valence-corrected chi connectivity index (χ0v) is 13.1. The molecule has 8 heteroatoms. The summed E-state index contributed by atoms with van der Waals surface area (Å²) in [7, 11) is -3.66. The third kappa shape index (κ3) is 4.20. The number of hydrogen-bond acceptors (Lipinski definition) is 4. The van der Waals surface area contributed by atoms with Crippen LogP contribution in [0.15, 0.2) is 35.5 Å². The predicted octanol–water partition coefficient (Wildman–Crippen LogP) is 2.36. The first-order valence-electron chi connectivity index (χ1n) is 6.53. The molecule has 0 bridgehead atoms. The first-order valence-corrected chi connectivity index (χ1v) is 8.40. The van der Waals surface area contributed by atoms with E-state index in [4.69, 9.17) is 11.6 Å². The maximum atomic E-state index is 12.2. The van der Waals surface area contributed by atoms with Gasteiger partial charge in [-0.15, -0.1) is 0 Å². The van der Waals surface area contributed by atoms with Crippen molar-refractivity contribution in [2.45, 2.75) is 24.8 Å². The highest BCUT2D eigenvalue weighted by atomic mass is 35.5. The molecule has 0 unspecified atom stereocenters. The van der Waals surface area contributed by atoms with Gasteiger partial charge in [0.05, 0.1) is 16.8 Å². The summed E-state index contributed by atoms with van der Waals surface area (Å²) in [5.74, 6) is 0. The summed E-state index contributed by atoms with van der Waals surface area (Å²) in [5.41, 5.74) is 1.24. The van der Waals surface area contributed by atoms with Gasteiger partial charge in [-0.3, -0.25) is 9.82 Å². The van der Waals surface area contributed by atoms with E-state index in [0.717, 1.165) is 18.5 Å². The minimum Gasteiger partial charge on any atom is -0.313 e. The minimum absolute atomic E-state index is 0.118. The molecule has 21 heavy (non-hydrogen) atoms. The van der Waals surface area contributed by atoms with Gasteiger partial charge in [-0.25, -0.2) is 8.42 Å². The molecule has 1 aromatic heterocycles. The number of hydrogen-bond donors (Lipinski definition) is 3. The average molecular weight is 329 g/mol. The van der Waals surface area contributed by atoms with Crippen molar-refractivity contribution in [3.63, 3.8) is 0 Å². The Labute approximate surface area is 129 Å². The van der Waals surface area contributed by atoms with Crippen LogP contribution in [0.1, 0.15) is 18.9 Å². The maximum absolute atomic E-state index is 12.2. The summed E-state index contributed by atoms with van der Waals surface area (Å²) in [6.45, 7) is 3.58. The van der Waals surface area contributed by atoms with Crippen molar-refractivity contribution in [2.75, 3.05) is 11.3 Å². The fourth-order valence-electron chi connectivity index (χ4n) is 1.76. The van der Waals surface area contributed by atoms with Gasteiger partial charge in [0, 0.05) is 17.8 Å². The molecule has 0 aliphatic carbocycles. The Bertz CT molecular complexity index is 686. The largest absolute Gasteiger partial charge is 0.313 e. The maximum Gasteiger partial charge on any atom is 0.262 e. The van der Waals surface area contributed by atoms with Crippen LogP contribution in [-0.4, -0.2) is 25.2 Å². The Kier molecular flexibility index (Phi) is 5.22. The van der Waals surface area contributed by atoms with E-state index < -0.39 is 10.0 Å². The van der Waals surface area contributed by atoms with Crippen LogP contribution in [0.4, 0.5) is 5.69 Å². The van der Waals surface area contributed by atoms with Crippen LogP contribution < -0.4 is 10.0 Å². The topological polar surface area (TPSA) is 86.9 Å². The van der Waals surface area contributed by atoms with Gasteiger partial charge in [-0.2, -0.15) is 5.10 Å². The number of nitrogens with zero attached hydrogens (tertiary/aromatic N) is 1. The minimum atomic E-state index is -3.66.